The number of benzene rings is 4. The van der Waals surface area contributed by atoms with Crippen molar-refractivity contribution in [2.45, 2.75) is 82.6 Å². The molecule has 0 bridgehead atoms. The molecule has 3 heterocycles. The van der Waals surface area contributed by atoms with Crippen molar-refractivity contribution < 1.29 is 29.3 Å². The summed E-state index contributed by atoms with van der Waals surface area (Å²) < 4.78 is 15.2. The second kappa shape index (κ2) is 17.4. The summed E-state index contributed by atoms with van der Waals surface area (Å²) in [5.74, 6) is -0.944. The molecular weight excluding hydrogens is 684 g/mol. The number of fused-ring (bicyclic) bond motifs is 1. The van der Waals surface area contributed by atoms with Gasteiger partial charge in [-0.05, 0) is 65.6 Å². The van der Waals surface area contributed by atoms with Crippen molar-refractivity contribution in [3.63, 3.8) is 0 Å². The normalized spacial score (nSPS) is 19.5. The zero-order valence-corrected chi connectivity index (χ0v) is 30.4. The highest BCUT2D eigenvalue weighted by Gasteiger charge is 2.34. The number of para-hydroxylation sites is 2. The van der Waals surface area contributed by atoms with E-state index in [1.165, 1.54) is 0 Å². The van der Waals surface area contributed by atoms with E-state index in [0.29, 0.717) is 32.2 Å². The predicted molar refractivity (Wildman–Crippen MR) is 206 cm³/mol. The third kappa shape index (κ3) is 8.99. The van der Waals surface area contributed by atoms with Gasteiger partial charge in [0.2, 0.25) is 5.91 Å². The zero-order valence-electron chi connectivity index (χ0n) is 30.4. The molecule has 0 saturated carbocycles. The summed E-state index contributed by atoms with van der Waals surface area (Å²) in [6.45, 7) is 2.82. The highest BCUT2D eigenvalue weighted by molar-refractivity contribution is 5.77. The number of carboxylic acids is 1. The van der Waals surface area contributed by atoms with Crippen molar-refractivity contribution >= 4 is 22.9 Å². The number of rotatable bonds is 14. The number of carbonyl (C=O) groups is 2. The molecule has 11 heteroatoms. The number of unbranched alkanes of at least 4 members (excludes halogenated alkanes) is 1. The molecule has 1 aromatic heterocycles. The van der Waals surface area contributed by atoms with Crippen LogP contribution in [-0.4, -0.2) is 62.3 Å². The number of aliphatic carboxylic acids is 1. The molecule has 0 unspecified atom stereocenters. The lowest BCUT2D eigenvalue weighted by molar-refractivity contribution is -0.253. The number of piperidine rings is 1. The Hall–Kier alpha value is -5.07. The number of aromatic amines is 1. The van der Waals surface area contributed by atoms with E-state index in [0.717, 1.165) is 76.9 Å². The second-order valence-electron chi connectivity index (χ2n) is 14.4. The van der Waals surface area contributed by atoms with Gasteiger partial charge in [0, 0.05) is 57.0 Å². The maximum atomic E-state index is 12.9. The molecule has 4 N–H and O–H groups in total. The summed E-state index contributed by atoms with van der Waals surface area (Å²) in [4.78, 5) is 41.5. The number of amides is 1. The van der Waals surface area contributed by atoms with E-state index in [9.17, 15) is 19.5 Å². The van der Waals surface area contributed by atoms with E-state index < -0.39 is 12.3 Å². The molecule has 3 atom stereocenters. The van der Waals surface area contributed by atoms with Crippen molar-refractivity contribution in [1.82, 2.24) is 19.8 Å². The minimum absolute atomic E-state index is 0.0166. The molecule has 2 saturated heterocycles. The minimum Gasteiger partial charge on any atom is -0.481 e. The van der Waals surface area contributed by atoms with Crippen LogP contribution in [-0.2, 0) is 32.2 Å². The van der Waals surface area contributed by atoms with Gasteiger partial charge in [-0.2, -0.15) is 0 Å². The van der Waals surface area contributed by atoms with Crippen LogP contribution in [0.1, 0.15) is 85.6 Å². The van der Waals surface area contributed by atoms with Gasteiger partial charge < -0.3 is 34.9 Å². The molecule has 2 aliphatic heterocycles. The largest absolute Gasteiger partial charge is 0.481 e. The fraction of sp³-hybridized carbons (Fsp3) is 0.372. The Kier molecular flexibility index (Phi) is 12.0. The zero-order chi connectivity index (χ0) is 37.4. The highest BCUT2D eigenvalue weighted by atomic mass is 16.7. The van der Waals surface area contributed by atoms with Gasteiger partial charge in [-0.25, -0.2) is 4.79 Å². The first kappa shape index (κ1) is 37.3. The number of nitrogens with one attached hydrogen (secondary N) is 2. The lowest BCUT2D eigenvalue weighted by Gasteiger charge is -2.40. The Morgan fingerprint density at radius 3 is 2.30 bits per heavy atom. The van der Waals surface area contributed by atoms with Crippen molar-refractivity contribution in [3.8, 4) is 11.1 Å². The number of ether oxygens (including phenoxy) is 2. The molecule has 11 nitrogen and oxygen atoms in total. The third-order valence-electron chi connectivity index (χ3n) is 10.7. The SMILES string of the molecule is O=C(O)CCCCC(=O)NCc1ccccc1-c1ccc([C@H]2O[C@@H](CN3CCC(n4c(=O)[nH]c5ccccc54)CC3)C[C@@H](c3ccc(CO)cc3)O2)cc1. The van der Waals surface area contributed by atoms with Crippen molar-refractivity contribution in [1.29, 1.82) is 0 Å². The first-order chi connectivity index (χ1) is 26.3. The van der Waals surface area contributed by atoms with Gasteiger partial charge in [-0.15, -0.1) is 0 Å². The maximum absolute atomic E-state index is 12.9. The Labute approximate surface area is 314 Å². The number of likely N-dealkylation sites (tertiary alicyclic amines) is 1. The molecule has 282 valence electrons. The summed E-state index contributed by atoms with van der Waals surface area (Å²) in [6.07, 6.45) is 2.94. The fourth-order valence-electron chi connectivity index (χ4n) is 7.74. The van der Waals surface area contributed by atoms with Gasteiger partial charge in [0.1, 0.15) is 0 Å². The molecule has 4 aromatic carbocycles. The predicted octanol–water partition coefficient (Wildman–Crippen LogP) is 6.63. The molecule has 0 radical (unpaired) electrons. The summed E-state index contributed by atoms with van der Waals surface area (Å²) in [5, 5.41) is 21.4. The van der Waals surface area contributed by atoms with Crippen LogP contribution in [0.3, 0.4) is 0 Å². The van der Waals surface area contributed by atoms with Gasteiger partial charge in [0.25, 0.3) is 0 Å². The van der Waals surface area contributed by atoms with Gasteiger partial charge in [0.05, 0.1) is 29.8 Å². The van der Waals surface area contributed by atoms with Gasteiger partial charge in [0.15, 0.2) is 6.29 Å². The minimum atomic E-state index is -0.848. The average Bonchev–Trinajstić information content (AvgIpc) is 3.54. The molecule has 0 aliphatic carbocycles. The molecule has 5 aromatic rings. The van der Waals surface area contributed by atoms with Gasteiger partial charge in [-0.1, -0.05) is 84.9 Å². The first-order valence-corrected chi connectivity index (χ1v) is 18.9. The van der Waals surface area contributed by atoms with E-state index in [1.807, 2.05) is 89.5 Å². The topological polar surface area (TPSA) is 146 Å². The Balaban J connectivity index is 1.02. The van der Waals surface area contributed by atoms with Crippen LogP contribution in [0.2, 0.25) is 0 Å². The number of nitrogens with zero attached hydrogens (tertiary/aromatic N) is 2. The highest BCUT2D eigenvalue weighted by Crippen LogP contribution is 2.39. The molecule has 7 rings (SSSR count). The van der Waals surface area contributed by atoms with Crippen LogP contribution in [0, 0.1) is 0 Å². The Morgan fingerprint density at radius 1 is 0.833 bits per heavy atom. The van der Waals surface area contributed by atoms with E-state index >= 15 is 0 Å². The maximum Gasteiger partial charge on any atom is 0.326 e. The number of aliphatic hydroxyl groups excluding tert-OH is 1. The van der Waals surface area contributed by atoms with Crippen LogP contribution < -0.4 is 11.0 Å². The number of aliphatic hydroxyl groups is 1. The number of H-pyrrole nitrogens is 1. The molecule has 0 spiro atoms. The summed E-state index contributed by atoms with van der Waals surface area (Å²) in [6, 6.07) is 32.1. The van der Waals surface area contributed by atoms with E-state index in [2.05, 4.69) is 27.3 Å². The third-order valence-corrected chi connectivity index (χ3v) is 10.7. The summed E-state index contributed by atoms with van der Waals surface area (Å²) in [7, 11) is 0. The van der Waals surface area contributed by atoms with Crippen LogP contribution >= 0.6 is 0 Å². The monoisotopic (exact) mass is 732 g/mol. The Bertz CT molecular complexity index is 2080. The smallest absolute Gasteiger partial charge is 0.326 e. The number of imidazole rings is 1. The number of carboxylic acid groups (broad SMARTS) is 1. The summed E-state index contributed by atoms with van der Waals surface area (Å²) >= 11 is 0. The molecule has 1 amide bonds. The van der Waals surface area contributed by atoms with Crippen LogP contribution in [0.5, 0.6) is 0 Å². The van der Waals surface area contributed by atoms with E-state index in [4.69, 9.17) is 14.6 Å². The van der Waals surface area contributed by atoms with Crippen molar-refractivity contribution in [3.05, 3.63) is 130 Å². The lowest BCUT2D eigenvalue weighted by atomic mass is 9.97. The van der Waals surface area contributed by atoms with Crippen molar-refractivity contribution in [2.24, 2.45) is 0 Å². The Morgan fingerprint density at radius 2 is 1.54 bits per heavy atom. The van der Waals surface area contributed by atoms with Gasteiger partial charge in [-0.3, -0.25) is 14.2 Å². The summed E-state index contributed by atoms with van der Waals surface area (Å²) in [5.41, 5.74) is 7.57. The van der Waals surface area contributed by atoms with Gasteiger partial charge >= 0.3 is 11.7 Å². The quantitative estimate of drug-likeness (QED) is 0.0931. The van der Waals surface area contributed by atoms with Crippen molar-refractivity contribution in [2.75, 3.05) is 19.6 Å². The lowest BCUT2D eigenvalue weighted by Crippen LogP contribution is -2.43. The molecular formula is C43H48N4O7. The average molecular weight is 733 g/mol. The van der Waals surface area contributed by atoms with Crippen LogP contribution in [0.15, 0.2) is 102 Å². The number of hydrogen-bond donors (Lipinski definition) is 4. The number of carbonyl (C=O) groups excluding carboxylic acids is 1. The molecule has 54 heavy (non-hydrogen) atoms. The molecule has 2 aliphatic rings. The second-order valence-corrected chi connectivity index (χ2v) is 14.4. The molecule has 2 fully saturated rings. The number of hydrogen-bond acceptors (Lipinski definition) is 7. The van der Waals surface area contributed by atoms with E-state index in [-0.39, 0.29) is 42.9 Å². The fourth-order valence-corrected chi connectivity index (χ4v) is 7.74. The van der Waals surface area contributed by atoms with Crippen LogP contribution in [0.4, 0.5) is 0 Å². The van der Waals surface area contributed by atoms with E-state index in [1.54, 1.807) is 0 Å². The van der Waals surface area contributed by atoms with Crippen LogP contribution in [0.25, 0.3) is 22.2 Å². The standard InChI is InChI=1S/C43H48N4O7/c48-28-29-13-15-31(16-14-29)39-25-35(27-46-23-21-34(22-24-46)47-38-10-4-3-9-37(38)45-43(47)52)53-42(54-39)32-19-17-30(18-20-32)36-8-2-1-7-33(36)26-44-40(49)11-5-6-12-41(50)51/h1-4,7-10,13-20,34-35,39,42,48H,5-6,11-12,21-28H2,(H,44,49)(H,45,52)(H,50,51)/t35-,39+,42+/m1/s1. The number of aromatic nitrogens is 2. The first-order valence-electron chi connectivity index (χ1n) is 18.9.